The van der Waals surface area contributed by atoms with E-state index in [1.54, 1.807) is 21.9 Å². The van der Waals surface area contributed by atoms with E-state index in [1.165, 1.54) is 48.5 Å². The highest BCUT2D eigenvalue weighted by Gasteiger charge is 2.24. The van der Waals surface area contributed by atoms with Crippen LogP contribution in [-0.2, 0) is 39.3 Å². The Morgan fingerprint density at radius 3 is 0.982 bits per heavy atom. The van der Waals surface area contributed by atoms with Crippen LogP contribution in [0.15, 0.2) is 60.7 Å². The predicted octanol–water partition coefficient (Wildman–Crippen LogP) is 3.74. The Kier molecular flexibility index (Phi) is 10.4. The van der Waals surface area contributed by atoms with Gasteiger partial charge in [0.1, 0.15) is 0 Å². The van der Waals surface area contributed by atoms with Crippen molar-refractivity contribution in [1.29, 1.82) is 0 Å². The first-order valence-corrected chi connectivity index (χ1v) is 17.5. The summed E-state index contributed by atoms with van der Waals surface area (Å²) in [4.78, 5) is 90.6. The number of pyridine rings is 5. The molecule has 56 heavy (non-hydrogen) atoms. The molecule has 7 heterocycles. The van der Waals surface area contributed by atoms with Crippen molar-refractivity contribution in [2.75, 3.05) is 6.54 Å². The minimum atomic E-state index is -1.26. The number of rotatable bonds is 8. The molecule has 12 bridgehead atoms. The van der Waals surface area contributed by atoms with Crippen molar-refractivity contribution in [3.8, 4) is 22.8 Å². The summed E-state index contributed by atoms with van der Waals surface area (Å²) >= 11 is 0. The molecule has 2 aliphatic rings. The molecule has 7 rings (SSSR count). The van der Waals surface area contributed by atoms with E-state index in [4.69, 9.17) is 30.7 Å². The molecular weight excluding hydrogens is 724 g/mol. The zero-order valence-corrected chi connectivity index (χ0v) is 29.7. The van der Waals surface area contributed by atoms with Gasteiger partial charge in [-0.3, -0.25) is 19.6 Å². The number of Topliss-reactive ketones (excluding diaryl/α,β-unsaturated/α-hetero) is 1. The molecule has 0 atom stereocenters. The van der Waals surface area contributed by atoms with Crippen LogP contribution in [0, 0.1) is 0 Å². The predicted molar refractivity (Wildman–Crippen MR) is 196 cm³/mol. The van der Waals surface area contributed by atoms with E-state index in [1.807, 2.05) is 0 Å². The average Bonchev–Trinajstić information content (AvgIpc) is 3.15. The highest BCUT2D eigenvalue weighted by Crippen LogP contribution is 2.27. The van der Waals surface area contributed by atoms with E-state index < -0.39 is 23.9 Å². The zero-order valence-electron chi connectivity index (χ0n) is 29.7. The van der Waals surface area contributed by atoms with Crippen LogP contribution in [0.25, 0.3) is 22.8 Å². The highest BCUT2D eigenvalue weighted by atomic mass is 16.4. The molecule has 0 radical (unpaired) electrons. The number of carboxylic acids is 4. The molecule has 0 saturated carbocycles. The smallest absolute Gasteiger partial charge is 0.335 e. The Labute approximate surface area is 318 Å². The second-order valence-electron chi connectivity index (χ2n) is 13.6. The van der Waals surface area contributed by atoms with Gasteiger partial charge in [0.2, 0.25) is 0 Å². The van der Waals surface area contributed by atoms with Gasteiger partial charge in [-0.15, -0.1) is 0 Å². The lowest BCUT2D eigenvalue weighted by Crippen LogP contribution is -2.26. The standard InChI is InChI=1S/C39H34N8O9/c40-3-1-2-35(48)20-4-25-14-46-16-27-6-21(36(49)50)10-31(42-27)33-12-23(38(53)54)8-29(44-33)18-47(15-26(5-20)41-25)19-30-9-24(39(55)56)13-34(45-30)32-11-22(37(51)52)7-28(17-46)43-32/h4-13H,1-3,14-19,40H2,(H,49,50)(H,51,52)(H,53,54)(H,55,56). The number of aromatic nitrogens is 5. The van der Waals surface area contributed by atoms with Crippen LogP contribution in [0.1, 0.15) is 98.8 Å². The third-order valence-corrected chi connectivity index (χ3v) is 9.20. The van der Waals surface area contributed by atoms with Gasteiger partial charge in [0.25, 0.3) is 0 Å². The van der Waals surface area contributed by atoms with Crippen molar-refractivity contribution in [2.45, 2.75) is 52.1 Å². The van der Waals surface area contributed by atoms with Crippen molar-refractivity contribution in [1.82, 2.24) is 34.7 Å². The van der Waals surface area contributed by atoms with Crippen molar-refractivity contribution in [2.24, 2.45) is 5.73 Å². The average molecular weight is 759 g/mol. The summed E-state index contributed by atoms with van der Waals surface area (Å²) < 4.78 is 0. The van der Waals surface area contributed by atoms with E-state index in [0.29, 0.717) is 29.9 Å². The van der Waals surface area contributed by atoms with Crippen LogP contribution in [0.5, 0.6) is 0 Å². The quantitative estimate of drug-likeness (QED) is 0.141. The second kappa shape index (κ2) is 15.5. The van der Waals surface area contributed by atoms with Gasteiger partial charge >= 0.3 is 23.9 Å². The Bertz CT molecular complexity index is 2170. The summed E-state index contributed by atoms with van der Waals surface area (Å²) in [6.45, 7) is 0.273. The van der Waals surface area contributed by atoms with E-state index in [0.717, 1.165) is 0 Å². The van der Waals surface area contributed by atoms with Crippen molar-refractivity contribution < 1.29 is 44.4 Å². The van der Waals surface area contributed by atoms with Crippen LogP contribution < -0.4 is 5.73 Å². The molecule has 2 aliphatic heterocycles. The van der Waals surface area contributed by atoms with Crippen LogP contribution >= 0.6 is 0 Å². The molecule has 5 aromatic heterocycles. The number of ketones is 1. The maximum atomic E-state index is 13.5. The first-order chi connectivity index (χ1) is 26.8. The largest absolute Gasteiger partial charge is 0.478 e. The minimum absolute atomic E-state index is 0.0424. The van der Waals surface area contributed by atoms with Crippen molar-refractivity contribution in [3.05, 3.63) is 123 Å². The lowest BCUT2D eigenvalue weighted by molar-refractivity contribution is 0.0685. The molecule has 6 N–H and O–H groups in total. The molecule has 17 heteroatoms. The molecule has 0 aromatic carbocycles. The van der Waals surface area contributed by atoms with Gasteiger partial charge in [0.05, 0.1) is 79.2 Å². The van der Waals surface area contributed by atoms with Gasteiger partial charge in [-0.25, -0.2) is 39.1 Å². The molecule has 0 amide bonds. The summed E-state index contributed by atoms with van der Waals surface area (Å²) in [6, 6.07) is 14.1. The molecule has 0 spiro atoms. The minimum Gasteiger partial charge on any atom is -0.478 e. The number of carbonyl (C=O) groups excluding carboxylic acids is 1. The number of carboxylic acid groups (broad SMARTS) is 4. The first-order valence-electron chi connectivity index (χ1n) is 17.5. The molecule has 284 valence electrons. The van der Waals surface area contributed by atoms with E-state index >= 15 is 0 Å². The van der Waals surface area contributed by atoms with Gasteiger partial charge in [0, 0.05) is 51.3 Å². The molecule has 0 fully saturated rings. The molecule has 0 unspecified atom stereocenters. The third-order valence-electron chi connectivity index (χ3n) is 9.20. The van der Waals surface area contributed by atoms with E-state index in [-0.39, 0.29) is 119 Å². The first kappa shape index (κ1) is 37.5. The fourth-order valence-electron chi connectivity index (χ4n) is 6.78. The zero-order chi connectivity index (χ0) is 39.7. The number of hydrogen-bond acceptors (Lipinski definition) is 13. The molecular formula is C39H34N8O9. The molecule has 0 aliphatic carbocycles. The summed E-state index contributed by atoms with van der Waals surface area (Å²) in [6.07, 6.45) is 0.632. The lowest BCUT2D eigenvalue weighted by atomic mass is 10.0. The normalized spacial score (nSPS) is 16.0. The number of nitrogens with two attached hydrogens (primary N) is 1. The Morgan fingerprint density at radius 2 is 0.714 bits per heavy atom. The third kappa shape index (κ3) is 8.44. The molecule has 0 saturated heterocycles. The fraction of sp³-hybridized carbons (Fsp3) is 0.231. The fourth-order valence-corrected chi connectivity index (χ4v) is 6.78. The summed E-state index contributed by atoms with van der Waals surface area (Å²) in [5.41, 5.74) is 7.93. The molecule has 17 nitrogen and oxygen atoms in total. The van der Waals surface area contributed by atoms with Gasteiger partial charge in [-0.2, -0.15) is 0 Å². The Morgan fingerprint density at radius 1 is 0.446 bits per heavy atom. The Balaban J connectivity index is 1.53. The monoisotopic (exact) mass is 758 g/mol. The number of nitrogens with zero attached hydrogens (tertiary/aromatic N) is 7. The van der Waals surface area contributed by atoms with Crippen LogP contribution in [0.3, 0.4) is 0 Å². The Hall–Kier alpha value is -6.82. The summed E-state index contributed by atoms with van der Waals surface area (Å²) in [7, 11) is 0. The van der Waals surface area contributed by atoms with Crippen LogP contribution in [0.4, 0.5) is 0 Å². The highest BCUT2D eigenvalue weighted by molar-refractivity contribution is 5.96. The van der Waals surface area contributed by atoms with Crippen LogP contribution in [0.2, 0.25) is 0 Å². The maximum absolute atomic E-state index is 13.5. The molecule has 5 aromatic rings. The number of carbonyl (C=O) groups is 5. The van der Waals surface area contributed by atoms with Gasteiger partial charge in [-0.05, 0) is 73.6 Å². The summed E-state index contributed by atoms with van der Waals surface area (Å²) in [5, 5.41) is 40.5. The van der Waals surface area contributed by atoms with Crippen LogP contribution in [-0.4, -0.2) is 91.4 Å². The SMILES string of the molecule is NCCCC(=O)c1cc2nc(c1)CN1Cc3cc(C(=O)O)cc(n3)-c3cc(C(=O)O)cc(n3)CN(C2)Cc2cc(C(=O)O)cc(n2)-c2cc(C(=O)O)cc(n2)C1. The topological polar surface area (TPSA) is 263 Å². The number of hydrogen-bond donors (Lipinski definition) is 5. The van der Waals surface area contributed by atoms with Gasteiger partial charge in [0.15, 0.2) is 5.78 Å². The van der Waals surface area contributed by atoms with Gasteiger partial charge < -0.3 is 26.2 Å². The number of fused-ring (bicyclic) bond motifs is 12. The van der Waals surface area contributed by atoms with Crippen molar-refractivity contribution in [3.63, 3.8) is 0 Å². The van der Waals surface area contributed by atoms with E-state index in [9.17, 15) is 44.4 Å². The summed E-state index contributed by atoms with van der Waals surface area (Å²) in [5.74, 6) is -5.20. The maximum Gasteiger partial charge on any atom is 0.335 e. The van der Waals surface area contributed by atoms with E-state index in [2.05, 4.69) is 0 Å². The number of aromatic carboxylic acids is 4. The van der Waals surface area contributed by atoms with Crippen molar-refractivity contribution >= 4 is 29.7 Å². The second-order valence-corrected chi connectivity index (χ2v) is 13.6. The van der Waals surface area contributed by atoms with Gasteiger partial charge in [-0.1, -0.05) is 0 Å². The lowest BCUT2D eigenvalue weighted by Gasteiger charge is -2.24.